The molecule has 0 bridgehead atoms. The smallest absolute Gasteiger partial charge is 0.315 e. The number of amides is 2. The Balaban J connectivity index is 1.87. The molecule has 2 unspecified atom stereocenters. The molecule has 20 heavy (non-hydrogen) atoms. The average Bonchev–Trinajstić information content (AvgIpc) is 2.69. The predicted molar refractivity (Wildman–Crippen MR) is 78.6 cm³/mol. The summed E-state index contributed by atoms with van der Waals surface area (Å²) in [6.45, 7) is 1.86. The normalized spacial score (nSPS) is 22.2. The number of benzene rings is 1. The first-order valence-corrected chi connectivity index (χ1v) is 8.58. The van der Waals surface area contributed by atoms with Gasteiger partial charge in [-0.1, -0.05) is 23.7 Å². The maximum Gasteiger partial charge on any atom is 0.315 e. The van der Waals surface area contributed by atoms with E-state index in [1.54, 1.807) is 12.1 Å². The van der Waals surface area contributed by atoms with Gasteiger partial charge in [0.15, 0.2) is 9.84 Å². The summed E-state index contributed by atoms with van der Waals surface area (Å²) in [4.78, 5) is 11.8. The first-order valence-electron chi connectivity index (χ1n) is 6.39. The second kappa shape index (κ2) is 6.01. The van der Waals surface area contributed by atoms with Crippen molar-refractivity contribution in [2.24, 2.45) is 0 Å². The molecule has 2 amide bonds. The lowest BCUT2D eigenvalue weighted by atomic mass is 10.1. The van der Waals surface area contributed by atoms with Gasteiger partial charge in [0, 0.05) is 11.1 Å². The number of hydrogen-bond acceptors (Lipinski definition) is 3. The molecule has 1 heterocycles. The van der Waals surface area contributed by atoms with E-state index >= 15 is 0 Å². The summed E-state index contributed by atoms with van der Waals surface area (Å²) in [6.07, 6.45) is 0.477. The van der Waals surface area contributed by atoms with E-state index in [9.17, 15) is 13.2 Å². The van der Waals surface area contributed by atoms with E-state index in [1.807, 2.05) is 19.1 Å². The van der Waals surface area contributed by atoms with Crippen molar-refractivity contribution < 1.29 is 13.2 Å². The lowest BCUT2D eigenvalue weighted by Crippen LogP contribution is -2.43. The fourth-order valence-corrected chi connectivity index (χ4v) is 3.97. The van der Waals surface area contributed by atoms with Gasteiger partial charge in [0.05, 0.1) is 17.5 Å². The highest BCUT2D eigenvalue weighted by atomic mass is 35.5. The molecule has 0 saturated carbocycles. The van der Waals surface area contributed by atoms with Crippen molar-refractivity contribution in [1.82, 2.24) is 10.6 Å². The Kier molecular flexibility index (Phi) is 4.55. The molecule has 1 saturated heterocycles. The second-order valence-electron chi connectivity index (χ2n) is 4.99. The number of hydrogen-bond donors (Lipinski definition) is 2. The first-order chi connectivity index (χ1) is 9.35. The molecule has 110 valence electrons. The van der Waals surface area contributed by atoms with Crippen LogP contribution in [0.15, 0.2) is 24.3 Å². The van der Waals surface area contributed by atoms with Crippen LogP contribution in [-0.4, -0.2) is 32.0 Å². The van der Waals surface area contributed by atoms with Gasteiger partial charge in [-0.25, -0.2) is 13.2 Å². The van der Waals surface area contributed by atoms with Crippen LogP contribution in [0.3, 0.4) is 0 Å². The van der Waals surface area contributed by atoms with Crippen LogP contribution >= 0.6 is 11.6 Å². The highest BCUT2D eigenvalue weighted by Gasteiger charge is 2.29. The Labute approximate surface area is 123 Å². The van der Waals surface area contributed by atoms with E-state index in [4.69, 9.17) is 11.6 Å². The van der Waals surface area contributed by atoms with Crippen molar-refractivity contribution in [3.8, 4) is 0 Å². The third kappa shape index (κ3) is 4.11. The van der Waals surface area contributed by atoms with E-state index in [1.165, 1.54) is 0 Å². The molecule has 0 aromatic heterocycles. The van der Waals surface area contributed by atoms with Gasteiger partial charge >= 0.3 is 6.03 Å². The van der Waals surface area contributed by atoms with Crippen molar-refractivity contribution in [2.45, 2.75) is 25.4 Å². The molecule has 2 rings (SSSR count). The van der Waals surface area contributed by atoms with Crippen molar-refractivity contribution in [3.05, 3.63) is 34.9 Å². The van der Waals surface area contributed by atoms with E-state index in [0.717, 1.165) is 5.56 Å². The third-order valence-corrected chi connectivity index (χ3v) is 5.31. The highest BCUT2D eigenvalue weighted by molar-refractivity contribution is 7.91. The molecule has 1 aromatic carbocycles. The molecule has 1 aliphatic rings. The molecule has 2 N–H and O–H groups in total. The minimum atomic E-state index is -2.98. The number of carbonyl (C=O) groups is 1. The SMILES string of the molecule is CC(NC(=O)NC1CCS(=O)(=O)C1)c1ccc(Cl)cc1. The largest absolute Gasteiger partial charge is 0.334 e. The number of nitrogens with one attached hydrogen (secondary N) is 2. The van der Waals surface area contributed by atoms with Gasteiger partial charge in [0.1, 0.15) is 0 Å². The van der Waals surface area contributed by atoms with Crippen LogP contribution < -0.4 is 10.6 Å². The van der Waals surface area contributed by atoms with Gasteiger partial charge in [-0.05, 0) is 31.0 Å². The van der Waals surface area contributed by atoms with Gasteiger partial charge in [-0.3, -0.25) is 0 Å². The molecule has 5 nitrogen and oxygen atoms in total. The van der Waals surface area contributed by atoms with Crippen LogP contribution in [0.2, 0.25) is 5.02 Å². The number of rotatable bonds is 3. The number of carbonyl (C=O) groups excluding carboxylic acids is 1. The zero-order valence-corrected chi connectivity index (χ0v) is 12.7. The van der Waals surface area contributed by atoms with Crippen LogP contribution in [0, 0.1) is 0 Å². The molecule has 1 fully saturated rings. The van der Waals surface area contributed by atoms with Crippen molar-refractivity contribution >= 4 is 27.5 Å². The van der Waals surface area contributed by atoms with Crippen LogP contribution in [0.5, 0.6) is 0 Å². The molecule has 0 spiro atoms. The van der Waals surface area contributed by atoms with Crippen LogP contribution in [0.1, 0.15) is 24.9 Å². The summed E-state index contributed by atoms with van der Waals surface area (Å²) in [7, 11) is -2.98. The monoisotopic (exact) mass is 316 g/mol. The summed E-state index contributed by atoms with van der Waals surface area (Å²) < 4.78 is 22.6. The molecule has 1 aromatic rings. The zero-order valence-electron chi connectivity index (χ0n) is 11.1. The molecule has 1 aliphatic heterocycles. The first kappa shape index (κ1) is 15.1. The van der Waals surface area contributed by atoms with Crippen molar-refractivity contribution in [3.63, 3.8) is 0 Å². The molecular weight excluding hydrogens is 300 g/mol. The minimum Gasteiger partial charge on any atom is -0.334 e. The molecule has 7 heteroatoms. The summed E-state index contributed by atoms with van der Waals surface area (Å²) >= 11 is 5.81. The number of urea groups is 1. The molecule has 0 aliphatic carbocycles. The maximum atomic E-state index is 11.8. The van der Waals surface area contributed by atoms with Crippen LogP contribution in [-0.2, 0) is 9.84 Å². The molecular formula is C13H17ClN2O3S. The van der Waals surface area contributed by atoms with Gasteiger partial charge in [-0.15, -0.1) is 0 Å². The average molecular weight is 317 g/mol. The fourth-order valence-electron chi connectivity index (χ4n) is 2.17. The van der Waals surface area contributed by atoms with E-state index in [0.29, 0.717) is 11.4 Å². The Morgan fingerprint density at radius 1 is 1.35 bits per heavy atom. The highest BCUT2D eigenvalue weighted by Crippen LogP contribution is 2.16. The standard InChI is InChI=1S/C13H17ClN2O3S/c1-9(10-2-4-11(14)5-3-10)15-13(17)16-12-6-7-20(18,19)8-12/h2-5,9,12H,6-8H2,1H3,(H2,15,16,17). The Morgan fingerprint density at radius 2 is 2.00 bits per heavy atom. The van der Waals surface area contributed by atoms with Gasteiger partial charge in [0.2, 0.25) is 0 Å². The summed E-state index contributed by atoms with van der Waals surface area (Å²) in [5.74, 6) is 0.167. The third-order valence-electron chi connectivity index (χ3n) is 3.29. The van der Waals surface area contributed by atoms with Crippen LogP contribution in [0.25, 0.3) is 0 Å². The van der Waals surface area contributed by atoms with E-state index in [2.05, 4.69) is 10.6 Å². The summed E-state index contributed by atoms with van der Waals surface area (Å²) in [5.41, 5.74) is 0.934. The van der Waals surface area contributed by atoms with Gasteiger partial charge in [-0.2, -0.15) is 0 Å². The van der Waals surface area contributed by atoms with E-state index in [-0.39, 0.29) is 29.6 Å². The molecule has 0 radical (unpaired) electrons. The lowest BCUT2D eigenvalue weighted by molar-refractivity contribution is 0.235. The van der Waals surface area contributed by atoms with Crippen molar-refractivity contribution in [2.75, 3.05) is 11.5 Å². The minimum absolute atomic E-state index is 0.0236. The van der Waals surface area contributed by atoms with Gasteiger partial charge < -0.3 is 10.6 Å². The quantitative estimate of drug-likeness (QED) is 0.894. The topological polar surface area (TPSA) is 75.3 Å². The van der Waals surface area contributed by atoms with E-state index < -0.39 is 9.84 Å². The molecule has 2 atom stereocenters. The van der Waals surface area contributed by atoms with Gasteiger partial charge in [0.25, 0.3) is 0 Å². The Bertz CT molecular complexity index is 586. The number of sulfone groups is 1. The van der Waals surface area contributed by atoms with Crippen LogP contribution in [0.4, 0.5) is 4.79 Å². The lowest BCUT2D eigenvalue weighted by Gasteiger charge is -2.17. The van der Waals surface area contributed by atoms with Crippen molar-refractivity contribution in [1.29, 1.82) is 0 Å². The zero-order chi connectivity index (χ0) is 14.8. The second-order valence-corrected chi connectivity index (χ2v) is 7.66. The Morgan fingerprint density at radius 3 is 2.55 bits per heavy atom. The Hall–Kier alpha value is -1.27. The fraction of sp³-hybridized carbons (Fsp3) is 0.462. The number of halogens is 1. The maximum absolute atomic E-state index is 11.8. The summed E-state index contributed by atoms with van der Waals surface area (Å²) in [5, 5.41) is 6.11. The summed E-state index contributed by atoms with van der Waals surface area (Å²) in [6, 6.07) is 6.38. The predicted octanol–water partition coefficient (Wildman–Crippen LogP) is 1.89.